The van der Waals surface area contributed by atoms with Gasteiger partial charge in [-0.05, 0) is 36.4 Å². The number of nitrogens with zero attached hydrogens (tertiary/aromatic N) is 1. The van der Waals surface area contributed by atoms with Crippen molar-refractivity contribution in [2.45, 2.75) is 18.5 Å². The molecule has 2 aliphatic heterocycles. The number of rotatable bonds is 4. The first-order valence-electron chi connectivity index (χ1n) is 9.28. The average Bonchev–Trinajstić information content (AvgIpc) is 3.07. The van der Waals surface area contributed by atoms with Crippen molar-refractivity contribution in [3.05, 3.63) is 53.8 Å². The number of carbonyl (C=O) groups excluding carboxylic acids is 3. The van der Waals surface area contributed by atoms with Gasteiger partial charge >= 0.3 is 0 Å². The standard InChI is InChI=1S/C21H20FN3O3S/c1-29-11-18(26)23-17-8-9-25-19(17)20(27)24-16-7-6-12(10-14(16)21(25)28)13-4-2-3-5-15(13)22/h2-7,10,17,19H,8-9,11H2,1H3,(H,23,26)(H,24,27)/t17-,19-/m0/s1. The van der Waals surface area contributed by atoms with Gasteiger partial charge in [0.1, 0.15) is 11.9 Å². The van der Waals surface area contributed by atoms with Gasteiger partial charge in [-0.1, -0.05) is 24.3 Å². The molecule has 0 bridgehead atoms. The number of thioether (sulfide) groups is 1. The lowest BCUT2D eigenvalue weighted by molar-refractivity contribution is -0.122. The van der Waals surface area contributed by atoms with Crippen molar-refractivity contribution < 1.29 is 18.8 Å². The minimum atomic E-state index is -0.766. The van der Waals surface area contributed by atoms with E-state index in [1.807, 2.05) is 6.26 Å². The molecule has 0 saturated carbocycles. The summed E-state index contributed by atoms with van der Waals surface area (Å²) in [5.41, 5.74) is 1.66. The Labute approximate surface area is 171 Å². The third kappa shape index (κ3) is 3.60. The van der Waals surface area contributed by atoms with Crippen molar-refractivity contribution >= 4 is 35.2 Å². The molecule has 2 N–H and O–H groups in total. The Morgan fingerprint density at radius 3 is 2.79 bits per heavy atom. The van der Waals surface area contributed by atoms with Crippen LogP contribution in [0, 0.1) is 5.82 Å². The van der Waals surface area contributed by atoms with Crippen molar-refractivity contribution in [3.8, 4) is 11.1 Å². The molecule has 2 atom stereocenters. The lowest BCUT2D eigenvalue weighted by atomic mass is 10.0. The Bertz CT molecular complexity index is 997. The third-order valence-corrected chi connectivity index (χ3v) is 5.79. The van der Waals surface area contributed by atoms with Crippen LogP contribution in [0.5, 0.6) is 0 Å². The van der Waals surface area contributed by atoms with E-state index in [9.17, 15) is 18.8 Å². The number of fused-ring (bicyclic) bond motifs is 2. The molecule has 2 aliphatic rings. The summed E-state index contributed by atoms with van der Waals surface area (Å²) in [6.45, 7) is 0.366. The minimum absolute atomic E-state index is 0.159. The molecule has 4 rings (SSSR count). The highest BCUT2D eigenvalue weighted by Crippen LogP contribution is 2.33. The van der Waals surface area contributed by atoms with Crippen LogP contribution in [0.2, 0.25) is 0 Å². The van der Waals surface area contributed by atoms with Crippen molar-refractivity contribution in [2.24, 2.45) is 0 Å². The predicted octanol–water partition coefficient (Wildman–Crippen LogP) is 2.51. The number of benzene rings is 2. The molecule has 29 heavy (non-hydrogen) atoms. The van der Waals surface area contributed by atoms with Crippen LogP contribution < -0.4 is 10.6 Å². The summed E-state index contributed by atoms with van der Waals surface area (Å²) in [6.07, 6.45) is 2.33. The van der Waals surface area contributed by atoms with Crippen LogP contribution in [0.4, 0.5) is 10.1 Å². The van der Waals surface area contributed by atoms with Gasteiger partial charge in [0.2, 0.25) is 11.8 Å². The van der Waals surface area contributed by atoms with E-state index in [-0.39, 0.29) is 23.5 Å². The van der Waals surface area contributed by atoms with Crippen LogP contribution >= 0.6 is 11.8 Å². The molecule has 0 unspecified atom stereocenters. The fourth-order valence-corrected chi connectivity index (χ4v) is 4.28. The number of hydrogen-bond donors (Lipinski definition) is 2. The summed E-state index contributed by atoms with van der Waals surface area (Å²) in [5, 5.41) is 5.67. The lowest BCUT2D eigenvalue weighted by Gasteiger charge is -2.24. The number of hydrogen-bond acceptors (Lipinski definition) is 4. The zero-order valence-corrected chi connectivity index (χ0v) is 16.6. The number of nitrogens with one attached hydrogen (secondary N) is 2. The first-order chi connectivity index (χ1) is 14.0. The van der Waals surface area contributed by atoms with Crippen LogP contribution in [0.25, 0.3) is 11.1 Å². The molecule has 6 nitrogen and oxygen atoms in total. The zero-order valence-electron chi connectivity index (χ0n) is 15.8. The minimum Gasteiger partial charge on any atom is -0.350 e. The number of amides is 3. The predicted molar refractivity (Wildman–Crippen MR) is 110 cm³/mol. The zero-order chi connectivity index (χ0) is 20.5. The van der Waals surface area contributed by atoms with E-state index in [1.54, 1.807) is 36.4 Å². The average molecular weight is 413 g/mol. The van der Waals surface area contributed by atoms with Gasteiger partial charge in [0.05, 0.1) is 23.0 Å². The summed E-state index contributed by atoms with van der Waals surface area (Å²) < 4.78 is 14.2. The van der Waals surface area contributed by atoms with E-state index in [1.165, 1.54) is 22.7 Å². The van der Waals surface area contributed by atoms with Gasteiger partial charge in [-0.25, -0.2) is 4.39 Å². The third-order valence-electron chi connectivity index (χ3n) is 5.24. The highest BCUT2D eigenvalue weighted by molar-refractivity contribution is 7.99. The quantitative estimate of drug-likeness (QED) is 0.807. The lowest BCUT2D eigenvalue weighted by Crippen LogP contribution is -2.51. The summed E-state index contributed by atoms with van der Waals surface area (Å²) in [4.78, 5) is 39.5. The highest BCUT2D eigenvalue weighted by atomic mass is 32.2. The van der Waals surface area contributed by atoms with E-state index < -0.39 is 12.1 Å². The van der Waals surface area contributed by atoms with Crippen LogP contribution in [-0.2, 0) is 9.59 Å². The smallest absolute Gasteiger partial charge is 0.256 e. The van der Waals surface area contributed by atoms with Crippen molar-refractivity contribution in [1.82, 2.24) is 10.2 Å². The van der Waals surface area contributed by atoms with Gasteiger partial charge in [-0.15, -0.1) is 0 Å². The normalized spacial score (nSPS) is 20.6. The van der Waals surface area contributed by atoms with E-state index in [0.717, 1.165) is 0 Å². The highest BCUT2D eigenvalue weighted by Gasteiger charge is 2.45. The maximum atomic E-state index is 14.2. The molecule has 1 saturated heterocycles. The molecule has 150 valence electrons. The van der Waals surface area contributed by atoms with Crippen molar-refractivity contribution in [3.63, 3.8) is 0 Å². The van der Waals surface area contributed by atoms with Gasteiger partial charge < -0.3 is 15.5 Å². The summed E-state index contributed by atoms with van der Waals surface area (Å²) in [5.74, 6) is -0.877. The first-order valence-corrected chi connectivity index (χ1v) is 10.7. The maximum Gasteiger partial charge on any atom is 0.256 e. The second kappa shape index (κ2) is 7.87. The maximum absolute atomic E-state index is 14.2. The molecule has 2 aromatic rings. The first kappa shape index (κ1) is 19.4. The second-order valence-electron chi connectivity index (χ2n) is 7.07. The largest absolute Gasteiger partial charge is 0.350 e. The Morgan fingerprint density at radius 2 is 2.03 bits per heavy atom. The summed E-state index contributed by atoms with van der Waals surface area (Å²) in [7, 11) is 0. The van der Waals surface area contributed by atoms with Crippen LogP contribution in [0.1, 0.15) is 16.8 Å². The van der Waals surface area contributed by atoms with E-state index >= 15 is 0 Å². The van der Waals surface area contributed by atoms with Gasteiger partial charge in [-0.2, -0.15) is 11.8 Å². The molecule has 2 heterocycles. The van der Waals surface area contributed by atoms with E-state index in [0.29, 0.717) is 41.1 Å². The van der Waals surface area contributed by atoms with Crippen molar-refractivity contribution in [2.75, 3.05) is 23.9 Å². The van der Waals surface area contributed by atoms with Gasteiger partial charge in [-0.3, -0.25) is 14.4 Å². The Kier molecular flexibility index (Phi) is 5.27. The van der Waals surface area contributed by atoms with Crippen molar-refractivity contribution in [1.29, 1.82) is 0 Å². The van der Waals surface area contributed by atoms with Gasteiger partial charge in [0.25, 0.3) is 5.91 Å². The molecule has 8 heteroatoms. The molecule has 3 amide bonds. The van der Waals surface area contributed by atoms with Gasteiger partial charge in [0.15, 0.2) is 0 Å². The molecule has 0 spiro atoms. The molecule has 0 aromatic heterocycles. The molecular formula is C21H20FN3O3S. The fourth-order valence-electron chi connectivity index (χ4n) is 3.93. The Balaban J connectivity index is 1.67. The van der Waals surface area contributed by atoms with Crippen LogP contribution in [0.15, 0.2) is 42.5 Å². The molecule has 0 radical (unpaired) electrons. The number of carbonyl (C=O) groups is 3. The van der Waals surface area contributed by atoms with Crippen LogP contribution in [-0.4, -0.2) is 53.3 Å². The van der Waals surface area contributed by atoms with E-state index in [2.05, 4.69) is 10.6 Å². The second-order valence-corrected chi connectivity index (χ2v) is 7.93. The Morgan fingerprint density at radius 1 is 1.24 bits per heavy atom. The Hall–Kier alpha value is -2.87. The fraction of sp³-hybridized carbons (Fsp3) is 0.286. The topological polar surface area (TPSA) is 78.5 Å². The van der Waals surface area contributed by atoms with Gasteiger partial charge in [0, 0.05) is 12.1 Å². The number of anilines is 1. The van der Waals surface area contributed by atoms with E-state index in [4.69, 9.17) is 0 Å². The summed E-state index contributed by atoms with van der Waals surface area (Å²) >= 11 is 1.39. The molecule has 1 fully saturated rings. The number of halogens is 1. The SMILES string of the molecule is CSCC(=O)N[C@H]1CCN2C(=O)c3cc(-c4ccccc4F)ccc3NC(=O)[C@H]12. The molecule has 0 aliphatic carbocycles. The molecular weight excluding hydrogens is 393 g/mol. The molecule has 2 aromatic carbocycles. The monoisotopic (exact) mass is 413 g/mol. The van der Waals surface area contributed by atoms with Crippen LogP contribution in [0.3, 0.4) is 0 Å². The summed E-state index contributed by atoms with van der Waals surface area (Å²) in [6, 6.07) is 10.1.